The number of hydrogen-bond donors (Lipinski definition) is 2. The number of fused-ring (bicyclic) bond motifs is 1. The minimum absolute atomic E-state index is 0.695. The first-order chi connectivity index (χ1) is 13.1. The molecule has 5 nitrogen and oxygen atoms in total. The van der Waals surface area contributed by atoms with Crippen LogP contribution in [0.3, 0.4) is 0 Å². The predicted octanol–water partition coefficient (Wildman–Crippen LogP) is 5.44. The van der Waals surface area contributed by atoms with Gasteiger partial charge in [0.15, 0.2) is 0 Å². The molecule has 0 aliphatic rings. The van der Waals surface area contributed by atoms with E-state index in [0.717, 1.165) is 33.9 Å². The fourth-order valence-electron chi connectivity index (χ4n) is 3.23. The summed E-state index contributed by atoms with van der Waals surface area (Å²) >= 11 is 0. The predicted molar refractivity (Wildman–Crippen MR) is 111 cm³/mol. The second-order valence-corrected chi connectivity index (χ2v) is 6.69. The quantitative estimate of drug-likeness (QED) is 0.510. The standard InChI is InChI=1S/C22H21N5/c1-14-10-15(2)12-18(11-14)26-20-13-21(25-16(3)24-20)27-19-8-4-6-17-7-5-9-23-22(17)19/h4-13H,1-3H3,(H2,24,25,26,27). The van der Waals surface area contributed by atoms with Crippen molar-refractivity contribution < 1.29 is 0 Å². The molecule has 5 heteroatoms. The van der Waals surface area contributed by atoms with Gasteiger partial charge in [0.2, 0.25) is 0 Å². The maximum Gasteiger partial charge on any atom is 0.136 e. The minimum atomic E-state index is 0.695. The van der Waals surface area contributed by atoms with Crippen molar-refractivity contribution in [1.82, 2.24) is 15.0 Å². The molecule has 0 atom stereocenters. The normalized spacial score (nSPS) is 10.8. The number of anilines is 4. The van der Waals surface area contributed by atoms with Crippen LogP contribution in [0.1, 0.15) is 17.0 Å². The van der Waals surface area contributed by atoms with Crippen LogP contribution in [-0.2, 0) is 0 Å². The Kier molecular flexibility index (Phi) is 4.42. The average Bonchev–Trinajstić information content (AvgIpc) is 2.60. The number of hydrogen-bond acceptors (Lipinski definition) is 5. The Bertz CT molecular complexity index is 1100. The van der Waals surface area contributed by atoms with Crippen molar-refractivity contribution in [3.05, 3.63) is 77.7 Å². The lowest BCUT2D eigenvalue weighted by molar-refractivity contribution is 1.06. The summed E-state index contributed by atoms with van der Waals surface area (Å²) in [5.74, 6) is 2.18. The lowest BCUT2D eigenvalue weighted by atomic mass is 10.1. The van der Waals surface area contributed by atoms with E-state index in [-0.39, 0.29) is 0 Å². The fraction of sp³-hybridized carbons (Fsp3) is 0.136. The van der Waals surface area contributed by atoms with E-state index < -0.39 is 0 Å². The van der Waals surface area contributed by atoms with Gasteiger partial charge in [-0.15, -0.1) is 0 Å². The molecule has 0 aliphatic heterocycles. The number of nitrogens with one attached hydrogen (secondary N) is 2. The summed E-state index contributed by atoms with van der Waals surface area (Å²) in [4.78, 5) is 13.5. The van der Waals surface area contributed by atoms with Crippen molar-refractivity contribution in [2.75, 3.05) is 10.6 Å². The lowest BCUT2D eigenvalue weighted by Crippen LogP contribution is -2.02. The minimum Gasteiger partial charge on any atom is -0.340 e. The SMILES string of the molecule is Cc1cc(C)cc(Nc2cc(Nc3cccc4cccnc34)nc(C)n2)c1. The van der Waals surface area contributed by atoms with Gasteiger partial charge in [-0.2, -0.15) is 0 Å². The van der Waals surface area contributed by atoms with Crippen LogP contribution >= 0.6 is 0 Å². The summed E-state index contributed by atoms with van der Waals surface area (Å²) in [7, 11) is 0. The lowest BCUT2D eigenvalue weighted by Gasteiger charge is -2.12. The molecule has 134 valence electrons. The molecular formula is C22H21N5. The molecule has 2 heterocycles. The number of aryl methyl sites for hydroxylation is 3. The molecule has 0 aliphatic carbocycles. The highest BCUT2D eigenvalue weighted by atomic mass is 15.1. The van der Waals surface area contributed by atoms with Crippen LogP contribution < -0.4 is 10.6 Å². The van der Waals surface area contributed by atoms with E-state index in [9.17, 15) is 0 Å². The Labute approximate surface area is 158 Å². The van der Waals surface area contributed by atoms with E-state index >= 15 is 0 Å². The van der Waals surface area contributed by atoms with Gasteiger partial charge in [0.05, 0.1) is 11.2 Å². The summed E-state index contributed by atoms with van der Waals surface area (Å²) in [6.45, 7) is 6.06. The molecule has 4 aromatic rings. The molecule has 2 aromatic heterocycles. The number of rotatable bonds is 4. The number of nitrogens with zero attached hydrogens (tertiary/aromatic N) is 3. The highest BCUT2D eigenvalue weighted by molar-refractivity contribution is 5.91. The Morgan fingerprint density at radius 3 is 2.22 bits per heavy atom. The van der Waals surface area contributed by atoms with Crippen LogP contribution in [-0.4, -0.2) is 15.0 Å². The van der Waals surface area contributed by atoms with Crippen molar-refractivity contribution in [2.45, 2.75) is 20.8 Å². The molecular weight excluding hydrogens is 334 g/mol. The van der Waals surface area contributed by atoms with Gasteiger partial charge < -0.3 is 10.6 Å². The van der Waals surface area contributed by atoms with E-state index in [1.54, 1.807) is 6.20 Å². The highest BCUT2D eigenvalue weighted by Gasteiger charge is 2.07. The first kappa shape index (κ1) is 17.0. The zero-order chi connectivity index (χ0) is 18.8. The second-order valence-electron chi connectivity index (χ2n) is 6.69. The van der Waals surface area contributed by atoms with Gasteiger partial charge in [-0.05, 0) is 56.2 Å². The maximum absolute atomic E-state index is 4.52. The Morgan fingerprint density at radius 2 is 1.44 bits per heavy atom. The molecule has 0 bridgehead atoms. The van der Waals surface area contributed by atoms with Gasteiger partial charge in [0, 0.05) is 23.3 Å². The van der Waals surface area contributed by atoms with E-state index in [1.807, 2.05) is 43.3 Å². The monoisotopic (exact) mass is 355 g/mol. The van der Waals surface area contributed by atoms with Crippen molar-refractivity contribution in [3.8, 4) is 0 Å². The third-order valence-corrected chi connectivity index (χ3v) is 4.23. The van der Waals surface area contributed by atoms with Crippen molar-refractivity contribution in [1.29, 1.82) is 0 Å². The van der Waals surface area contributed by atoms with Gasteiger partial charge >= 0.3 is 0 Å². The molecule has 4 rings (SSSR count). The highest BCUT2D eigenvalue weighted by Crippen LogP contribution is 2.26. The molecule has 0 spiro atoms. The average molecular weight is 355 g/mol. The Hall–Kier alpha value is -3.47. The summed E-state index contributed by atoms with van der Waals surface area (Å²) in [6, 6.07) is 18.3. The first-order valence-corrected chi connectivity index (χ1v) is 8.88. The van der Waals surface area contributed by atoms with Crippen molar-refractivity contribution in [3.63, 3.8) is 0 Å². The van der Waals surface area contributed by atoms with Crippen LogP contribution in [0.25, 0.3) is 10.9 Å². The van der Waals surface area contributed by atoms with Crippen molar-refractivity contribution >= 4 is 33.9 Å². The number of para-hydroxylation sites is 1. The summed E-state index contributed by atoms with van der Waals surface area (Å²) < 4.78 is 0. The van der Waals surface area contributed by atoms with E-state index in [1.165, 1.54) is 11.1 Å². The maximum atomic E-state index is 4.52. The molecule has 2 N–H and O–H groups in total. The number of aromatic nitrogens is 3. The Balaban J connectivity index is 1.66. The largest absolute Gasteiger partial charge is 0.340 e. The molecule has 0 unspecified atom stereocenters. The topological polar surface area (TPSA) is 62.7 Å². The van der Waals surface area contributed by atoms with Gasteiger partial charge in [0.25, 0.3) is 0 Å². The van der Waals surface area contributed by atoms with E-state index in [2.05, 4.69) is 57.6 Å². The molecule has 0 fully saturated rings. The number of benzene rings is 2. The van der Waals surface area contributed by atoms with E-state index in [4.69, 9.17) is 0 Å². The van der Waals surface area contributed by atoms with Crippen LogP contribution in [0, 0.1) is 20.8 Å². The summed E-state index contributed by atoms with van der Waals surface area (Å²) in [5.41, 5.74) is 5.28. The van der Waals surface area contributed by atoms with Gasteiger partial charge in [-0.1, -0.05) is 24.3 Å². The molecule has 27 heavy (non-hydrogen) atoms. The molecule has 2 aromatic carbocycles. The number of pyridine rings is 1. The van der Waals surface area contributed by atoms with Crippen LogP contribution in [0.4, 0.5) is 23.0 Å². The molecule has 0 amide bonds. The molecule has 0 radical (unpaired) electrons. The van der Waals surface area contributed by atoms with Gasteiger partial charge in [-0.25, -0.2) is 9.97 Å². The summed E-state index contributed by atoms with van der Waals surface area (Å²) in [5, 5.41) is 7.85. The van der Waals surface area contributed by atoms with Crippen LogP contribution in [0.2, 0.25) is 0 Å². The van der Waals surface area contributed by atoms with Crippen LogP contribution in [0.5, 0.6) is 0 Å². The Morgan fingerprint density at radius 1 is 0.741 bits per heavy atom. The summed E-state index contributed by atoms with van der Waals surface area (Å²) in [6.07, 6.45) is 1.80. The van der Waals surface area contributed by atoms with Gasteiger partial charge in [0.1, 0.15) is 17.5 Å². The molecule has 0 saturated heterocycles. The van der Waals surface area contributed by atoms with Crippen LogP contribution in [0.15, 0.2) is 60.8 Å². The molecule has 0 saturated carbocycles. The third kappa shape index (κ3) is 3.87. The van der Waals surface area contributed by atoms with Crippen molar-refractivity contribution in [2.24, 2.45) is 0 Å². The third-order valence-electron chi connectivity index (χ3n) is 4.23. The zero-order valence-corrected chi connectivity index (χ0v) is 15.6. The second kappa shape index (κ2) is 7.03. The smallest absolute Gasteiger partial charge is 0.136 e. The zero-order valence-electron chi connectivity index (χ0n) is 15.6. The van der Waals surface area contributed by atoms with E-state index in [0.29, 0.717) is 5.82 Å². The van der Waals surface area contributed by atoms with Gasteiger partial charge in [-0.3, -0.25) is 4.98 Å². The first-order valence-electron chi connectivity index (χ1n) is 8.88. The fourth-order valence-corrected chi connectivity index (χ4v) is 3.23.